The number of para-hydroxylation sites is 1. The zero-order valence-corrected chi connectivity index (χ0v) is 39.2. The highest BCUT2D eigenvalue weighted by Gasteiger charge is 2.69. The summed E-state index contributed by atoms with van der Waals surface area (Å²) in [5.74, 6) is 1.26. The molecule has 6 atom stereocenters. The molecule has 318 valence electrons. The Morgan fingerprint density at radius 2 is 1.40 bits per heavy atom. The second kappa shape index (κ2) is 13.1. The molecular weight excluding hydrogens is 751 g/mol. The summed E-state index contributed by atoms with van der Waals surface area (Å²) in [6.45, 7) is 22.6. The molecule has 12 rings (SSSR count). The first kappa shape index (κ1) is 39.2. The summed E-state index contributed by atoms with van der Waals surface area (Å²) in [6.07, 6.45) is 20.8. The monoisotopic (exact) mass is 819 g/mol. The zero-order valence-electron chi connectivity index (χ0n) is 39.2. The third kappa shape index (κ3) is 4.56. The van der Waals surface area contributed by atoms with Gasteiger partial charge in [-0.1, -0.05) is 127 Å². The number of anilines is 3. The molecule has 0 bridgehead atoms. The van der Waals surface area contributed by atoms with E-state index in [0.717, 1.165) is 25.0 Å². The number of fused-ring (bicyclic) bond motifs is 14. The Kier molecular flexibility index (Phi) is 8.26. The average molecular weight is 819 g/mol. The van der Waals surface area contributed by atoms with Gasteiger partial charge in [0.2, 0.25) is 0 Å². The van der Waals surface area contributed by atoms with Gasteiger partial charge in [0.15, 0.2) is 5.60 Å². The normalized spacial score (nSPS) is 31.0. The molecule has 1 fully saturated rings. The predicted octanol–water partition coefficient (Wildman–Crippen LogP) is 13.0. The van der Waals surface area contributed by atoms with Gasteiger partial charge in [-0.05, 0) is 164 Å². The molecule has 0 spiro atoms. The summed E-state index contributed by atoms with van der Waals surface area (Å²) in [7, 11) is 0. The first-order chi connectivity index (χ1) is 29.9. The van der Waals surface area contributed by atoms with E-state index in [9.17, 15) is 0 Å². The standard InChI is InChI=1S/C58H67BN2O/c1-10-13-20-37-25-26-45-42(32-37)54(5)30-27-36(4)48-53(54)57(8)49(50-40-23-16-17-24-47(40)62-58(48,50)9)41-31-38(21-14-11-2)35-46-51(41)59(61(45)57)44-34-39(22-15-12-3)33-43-52(44)60(46)56(7)29-19-18-28-55(43,56)6/h16-17,23-27,30-36H,10-15,18-22,28-29H2,1-9H3. The van der Waals surface area contributed by atoms with Crippen molar-refractivity contribution in [3.05, 3.63) is 129 Å². The summed E-state index contributed by atoms with van der Waals surface area (Å²) >= 11 is 0. The fourth-order valence-corrected chi connectivity index (χ4v) is 15.3. The van der Waals surface area contributed by atoms with Gasteiger partial charge in [-0.2, -0.15) is 0 Å². The summed E-state index contributed by atoms with van der Waals surface area (Å²) in [4.78, 5) is 6.00. The van der Waals surface area contributed by atoms with Crippen molar-refractivity contribution in [2.75, 3.05) is 9.71 Å². The molecular formula is C58H67BN2O. The molecule has 0 saturated heterocycles. The van der Waals surface area contributed by atoms with Crippen LogP contribution in [-0.4, -0.2) is 23.5 Å². The number of nitrogens with zero attached hydrogens (tertiary/aromatic N) is 2. The highest BCUT2D eigenvalue weighted by molar-refractivity contribution is 6.92. The highest BCUT2D eigenvalue weighted by atomic mass is 16.5. The Morgan fingerprint density at radius 1 is 0.710 bits per heavy atom. The summed E-state index contributed by atoms with van der Waals surface area (Å²) in [5, 5.41) is 0. The largest absolute Gasteiger partial charge is 0.478 e. The lowest BCUT2D eigenvalue weighted by Crippen LogP contribution is -2.76. The van der Waals surface area contributed by atoms with Crippen LogP contribution < -0.4 is 25.4 Å². The lowest BCUT2D eigenvalue weighted by Gasteiger charge is -2.66. The van der Waals surface area contributed by atoms with Crippen molar-refractivity contribution in [2.24, 2.45) is 5.92 Å². The van der Waals surface area contributed by atoms with E-state index >= 15 is 0 Å². The van der Waals surface area contributed by atoms with Gasteiger partial charge in [0.25, 0.3) is 0 Å². The van der Waals surface area contributed by atoms with E-state index in [4.69, 9.17) is 4.74 Å². The number of unbranched alkanes of at least 4 members (excludes halogenated alkanes) is 3. The lowest BCUT2D eigenvalue weighted by molar-refractivity contribution is 0.187. The first-order valence-corrected chi connectivity index (χ1v) is 24.9. The van der Waals surface area contributed by atoms with E-state index in [0.29, 0.717) is 0 Å². The van der Waals surface area contributed by atoms with Gasteiger partial charge in [-0.15, -0.1) is 0 Å². The maximum atomic E-state index is 7.54. The molecule has 5 aliphatic heterocycles. The van der Waals surface area contributed by atoms with Crippen LogP contribution in [0.15, 0.2) is 90.0 Å². The Morgan fingerprint density at radius 3 is 2.16 bits per heavy atom. The number of hydrogen-bond acceptors (Lipinski definition) is 3. The number of allylic oxidation sites excluding steroid dienone is 2. The Labute approximate surface area is 372 Å². The molecule has 0 aromatic heterocycles. The molecule has 4 aromatic rings. The van der Waals surface area contributed by atoms with Crippen LogP contribution in [-0.2, 0) is 30.1 Å². The molecule has 4 heteroatoms. The van der Waals surface area contributed by atoms with Crippen LogP contribution in [0.25, 0.3) is 11.1 Å². The van der Waals surface area contributed by atoms with Crippen molar-refractivity contribution in [3.8, 4) is 5.75 Å². The minimum Gasteiger partial charge on any atom is -0.478 e. The van der Waals surface area contributed by atoms with Gasteiger partial charge < -0.3 is 14.4 Å². The van der Waals surface area contributed by atoms with Crippen LogP contribution in [0.5, 0.6) is 5.75 Å². The minimum atomic E-state index is -0.601. The van der Waals surface area contributed by atoms with Crippen molar-refractivity contribution in [3.63, 3.8) is 0 Å². The van der Waals surface area contributed by atoms with Crippen molar-refractivity contribution < 1.29 is 4.74 Å². The van der Waals surface area contributed by atoms with Gasteiger partial charge >= 0.3 is 6.85 Å². The molecule has 0 N–H and O–H groups in total. The van der Waals surface area contributed by atoms with E-state index in [2.05, 4.69) is 151 Å². The molecule has 5 heterocycles. The van der Waals surface area contributed by atoms with Gasteiger partial charge in [0.05, 0.1) is 11.1 Å². The van der Waals surface area contributed by atoms with Crippen molar-refractivity contribution in [1.82, 2.24) is 0 Å². The Bertz CT molecular complexity index is 2720. The first-order valence-electron chi connectivity index (χ1n) is 24.9. The molecule has 0 amide bonds. The summed E-state index contributed by atoms with van der Waals surface area (Å²) in [6, 6.07) is 27.6. The molecule has 3 nitrogen and oxygen atoms in total. The quantitative estimate of drug-likeness (QED) is 0.124. The van der Waals surface area contributed by atoms with Crippen LogP contribution >= 0.6 is 0 Å². The molecule has 1 saturated carbocycles. The number of hydrogen-bond donors (Lipinski definition) is 0. The summed E-state index contributed by atoms with van der Waals surface area (Å²) in [5.41, 5.74) is 22.5. The maximum Gasteiger partial charge on any atom is 0.329 e. The van der Waals surface area contributed by atoms with Gasteiger partial charge in [-0.25, -0.2) is 0 Å². The van der Waals surface area contributed by atoms with Crippen LogP contribution in [0.3, 0.4) is 0 Å². The number of benzene rings is 4. The van der Waals surface area contributed by atoms with E-state index in [1.807, 2.05) is 0 Å². The number of rotatable bonds is 9. The fourth-order valence-electron chi connectivity index (χ4n) is 15.3. The smallest absolute Gasteiger partial charge is 0.329 e. The van der Waals surface area contributed by atoms with Crippen LogP contribution in [0.4, 0.5) is 17.1 Å². The molecule has 0 radical (unpaired) electrons. The second-order valence-electron chi connectivity index (χ2n) is 21.8. The van der Waals surface area contributed by atoms with E-state index in [-0.39, 0.29) is 29.1 Å². The highest BCUT2D eigenvalue weighted by Crippen LogP contribution is 2.70. The third-order valence-corrected chi connectivity index (χ3v) is 18.3. The lowest BCUT2D eigenvalue weighted by atomic mass is 9.37. The van der Waals surface area contributed by atoms with Gasteiger partial charge in [0.1, 0.15) is 5.75 Å². The maximum absolute atomic E-state index is 7.54. The Hall–Kier alpha value is -4.44. The van der Waals surface area contributed by atoms with Crippen molar-refractivity contribution in [2.45, 2.75) is 173 Å². The molecule has 6 unspecified atom stereocenters. The van der Waals surface area contributed by atoms with Gasteiger partial charge in [-0.3, -0.25) is 0 Å². The fraction of sp³-hybridized carbons (Fsp3) is 0.483. The van der Waals surface area contributed by atoms with Crippen LogP contribution in [0, 0.1) is 5.92 Å². The van der Waals surface area contributed by atoms with Crippen LogP contribution in [0.2, 0.25) is 0 Å². The molecule has 3 aliphatic carbocycles. The van der Waals surface area contributed by atoms with Crippen molar-refractivity contribution in [1.29, 1.82) is 0 Å². The molecule has 4 aromatic carbocycles. The third-order valence-electron chi connectivity index (χ3n) is 18.3. The van der Waals surface area contributed by atoms with E-state index in [1.54, 1.807) is 22.3 Å². The van der Waals surface area contributed by atoms with E-state index in [1.165, 1.54) is 131 Å². The SMILES string of the molecule is CCCCc1cc2c3c(c1)N1c4c(cc(CCCC)cc4C4(C)CCCCC14C)B3N1c3ccc(CCCC)cc3C3(C)C=CC(C)C4=C3C1(C)C2=C1c2ccccc2OC14C. The molecule has 8 aliphatic rings. The number of ether oxygens (including phenoxy) is 1. The summed E-state index contributed by atoms with van der Waals surface area (Å²) < 4.78 is 7.54. The second-order valence-corrected chi connectivity index (χ2v) is 21.8. The minimum absolute atomic E-state index is 0.0115. The zero-order chi connectivity index (χ0) is 42.7. The number of aryl methyl sites for hydroxylation is 3. The average Bonchev–Trinajstić information content (AvgIpc) is 3.68. The molecule has 62 heavy (non-hydrogen) atoms. The topological polar surface area (TPSA) is 15.7 Å². The predicted molar refractivity (Wildman–Crippen MR) is 262 cm³/mol. The van der Waals surface area contributed by atoms with Gasteiger partial charge in [0, 0.05) is 39.0 Å². The van der Waals surface area contributed by atoms with E-state index < -0.39 is 11.1 Å². The Balaban J connectivity index is 1.28. The van der Waals surface area contributed by atoms with Crippen molar-refractivity contribution >= 4 is 46.0 Å². The van der Waals surface area contributed by atoms with Crippen LogP contribution in [0.1, 0.15) is 165 Å².